The first-order valence-corrected chi connectivity index (χ1v) is 12.5. The zero-order valence-corrected chi connectivity index (χ0v) is 22.0. The number of hydrogen-bond acceptors (Lipinski definition) is 4. The summed E-state index contributed by atoms with van der Waals surface area (Å²) in [6, 6.07) is 9.43. The van der Waals surface area contributed by atoms with E-state index in [0.29, 0.717) is 34.2 Å². The van der Waals surface area contributed by atoms with E-state index in [4.69, 9.17) is 23.2 Å². The number of amides is 2. The van der Waals surface area contributed by atoms with E-state index in [-0.39, 0.29) is 12.3 Å². The molecule has 5 rings (SSSR count). The number of carbonyl (C=O) groups is 2. The number of ether oxygens (including phenoxy) is 1. The third-order valence-corrected chi connectivity index (χ3v) is 7.20. The first-order valence-electron chi connectivity index (χ1n) is 11.7. The predicted molar refractivity (Wildman–Crippen MR) is 139 cm³/mol. The smallest absolute Gasteiger partial charge is 0.425 e. The van der Waals surface area contributed by atoms with Gasteiger partial charge in [0, 0.05) is 55.0 Å². The minimum Gasteiger partial charge on any atom is -0.425 e. The van der Waals surface area contributed by atoms with Gasteiger partial charge in [-0.25, -0.2) is 0 Å². The summed E-state index contributed by atoms with van der Waals surface area (Å²) in [7, 11) is 1.80. The average molecular weight is 562 g/mol. The molecule has 2 aromatic carbocycles. The summed E-state index contributed by atoms with van der Waals surface area (Å²) in [5, 5.41) is 7.99. The Morgan fingerprint density at radius 1 is 1.21 bits per heavy atom. The molecule has 0 saturated carbocycles. The van der Waals surface area contributed by atoms with Gasteiger partial charge in [0.05, 0.1) is 27.8 Å². The van der Waals surface area contributed by atoms with Gasteiger partial charge in [-0.05, 0) is 31.2 Å². The van der Waals surface area contributed by atoms with E-state index in [1.54, 1.807) is 43.0 Å². The Morgan fingerprint density at radius 3 is 2.63 bits per heavy atom. The van der Waals surface area contributed by atoms with Crippen molar-refractivity contribution in [2.75, 3.05) is 13.1 Å². The number of benzene rings is 2. The number of carbonyl (C=O) groups excluding carboxylic acids is 2. The lowest BCUT2D eigenvalue weighted by atomic mass is 9.99. The molecule has 0 unspecified atom stereocenters. The molecule has 2 amide bonds. The standard InChI is InChI=1S/C26H23Cl2F2N5O3/c1-14-3-5-15(6-4-14)38-26(29,30)25(37)31-12-21(36)35-10-8-19-17(13-35)22-16(20-7-9-34(2)33-20)11-18(27)23(28)24(22)32-19/h3-7,9,11,32H,8,10,12-13H2,1-2H3,(H,31,37). The Kier molecular flexibility index (Phi) is 6.79. The summed E-state index contributed by atoms with van der Waals surface area (Å²) >= 11 is 12.9. The van der Waals surface area contributed by atoms with Crippen LogP contribution in [0.2, 0.25) is 10.0 Å². The molecule has 0 spiro atoms. The monoisotopic (exact) mass is 561 g/mol. The van der Waals surface area contributed by atoms with E-state index in [0.717, 1.165) is 27.8 Å². The minimum atomic E-state index is -4.14. The van der Waals surface area contributed by atoms with Crippen molar-refractivity contribution in [1.29, 1.82) is 0 Å². The molecule has 0 fully saturated rings. The molecule has 38 heavy (non-hydrogen) atoms. The van der Waals surface area contributed by atoms with E-state index in [2.05, 4.69) is 14.8 Å². The molecule has 2 aromatic heterocycles. The molecule has 4 aromatic rings. The molecule has 3 heterocycles. The fourth-order valence-electron chi connectivity index (χ4n) is 4.48. The highest BCUT2D eigenvalue weighted by molar-refractivity contribution is 6.45. The van der Waals surface area contributed by atoms with Crippen molar-refractivity contribution < 1.29 is 23.1 Å². The number of aromatic nitrogens is 3. The molecule has 2 N–H and O–H groups in total. The summed E-state index contributed by atoms with van der Waals surface area (Å²) in [4.78, 5) is 29.9. The molecular formula is C26H23Cl2F2N5O3. The number of aromatic amines is 1. The molecule has 198 valence electrons. The molecule has 0 aliphatic carbocycles. The van der Waals surface area contributed by atoms with Gasteiger partial charge in [-0.1, -0.05) is 40.9 Å². The number of nitrogens with zero attached hydrogens (tertiary/aromatic N) is 3. The van der Waals surface area contributed by atoms with Crippen LogP contribution in [0.15, 0.2) is 42.6 Å². The van der Waals surface area contributed by atoms with Crippen molar-refractivity contribution in [1.82, 2.24) is 25.0 Å². The van der Waals surface area contributed by atoms with Crippen LogP contribution >= 0.6 is 23.2 Å². The summed E-state index contributed by atoms with van der Waals surface area (Å²) in [6.45, 7) is 1.71. The van der Waals surface area contributed by atoms with Gasteiger partial charge < -0.3 is 19.9 Å². The lowest BCUT2D eigenvalue weighted by molar-refractivity contribution is -0.193. The fraction of sp³-hybridized carbons (Fsp3) is 0.269. The quantitative estimate of drug-likeness (QED) is 0.352. The maximum Gasteiger partial charge on any atom is 0.482 e. The third kappa shape index (κ3) is 4.93. The largest absolute Gasteiger partial charge is 0.482 e. The predicted octanol–water partition coefficient (Wildman–Crippen LogP) is 4.86. The van der Waals surface area contributed by atoms with E-state index in [9.17, 15) is 18.4 Å². The Morgan fingerprint density at radius 2 is 1.95 bits per heavy atom. The van der Waals surface area contributed by atoms with Gasteiger partial charge in [0.2, 0.25) is 5.91 Å². The molecule has 12 heteroatoms. The van der Waals surface area contributed by atoms with Crippen molar-refractivity contribution in [2.45, 2.75) is 26.0 Å². The Labute approximate surface area is 226 Å². The maximum atomic E-state index is 14.3. The SMILES string of the molecule is Cc1ccc(OC(F)(F)C(=O)NCC(=O)N2CCc3[nH]c4c(Cl)c(Cl)cc(-c5ccn(C)n5)c4c3C2)cc1. The van der Waals surface area contributed by atoms with Crippen LogP contribution in [0.4, 0.5) is 8.78 Å². The van der Waals surface area contributed by atoms with Gasteiger partial charge >= 0.3 is 12.0 Å². The first-order chi connectivity index (χ1) is 18.0. The minimum absolute atomic E-state index is 0.160. The van der Waals surface area contributed by atoms with Gasteiger partial charge in [-0.3, -0.25) is 14.3 Å². The number of rotatable bonds is 6. The number of nitrogens with one attached hydrogen (secondary N) is 2. The van der Waals surface area contributed by atoms with Crippen LogP contribution in [-0.4, -0.2) is 50.7 Å². The zero-order chi connectivity index (χ0) is 27.2. The van der Waals surface area contributed by atoms with Crippen molar-refractivity contribution >= 4 is 45.9 Å². The Bertz CT molecular complexity index is 1550. The molecule has 0 bridgehead atoms. The van der Waals surface area contributed by atoms with Crippen molar-refractivity contribution in [2.24, 2.45) is 7.05 Å². The first kappa shape index (κ1) is 26.0. The number of H-pyrrole nitrogens is 1. The average Bonchev–Trinajstić information content (AvgIpc) is 3.49. The summed E-state index contributed by atoms with van der Waals surface area (Å²) < 4.78 is 34.8. The summed E-state index contributed by atoms with van der Waals surface area (Å²) in [5.41, 5.74) is 4.66. The van der Waals surface area contributed by atoms with Gasteiger partial charge in [-0.15, -0.1) is 0 Å². The van der Waals surface area contributed by atoms with Crippen molar-refractivity contribution in [3.05, 3.63) is 69.5 Å². The lowest BCUT2D eigenvalue weighted by Gasteiger charge is -2.28. The number of alkyl halides is 2. The van der Waals surface area contributed by atoms with E-state index in [1.807, 2.05) is 11.4 Å². The van der Waals surface area contributed by atoms with Crippen LogP contribution in [-0.2, 0) is 29.6 Å². The molecule has 1 aliphatic rings. The second-order valence-corrected chi connectivity index (χ2v) is 9.89. The van der Waals surface area contributed by atoms with Gasteiger partial charge in [0.1, 0.15) is 5.75 Å². The summed E-state index contributed by atoms with van der Waals surface area (Å²) in [5.74, 6) is -2.37. The normalized spacial score (nSPS) is 13.5. The molecule has 0 saturated heterocycles. The number of halogens is 4. The molecule has 8 nitrogen and oxygen atoms in total. The summed E-state index contributed by atoms with van der Waals surface area (Å²) in [6.07, 6.45) is -1.86. The van der Waals surface area contributed by atoms with E-state index in [1.165, 1.54) is 17.0 Å². The highest BCUT2D eigenvalue weighted by Crippen LogP contribution is 2.41. The van der Waals surface area contributed by atoms with Crippen molar-refractivity contribution in [3.8, 4) is 17.0 Å². The second-order valence-electron chi connectivity index (χ2n) is 9.11. The van der Waals surface area contributed by atoms with Crippen LogP contribution in [0, 0.1) is 6.92 Å². The second kappa shape index (κ2) is 9.92. The molecule has 0 atom stereocenters. The van der Waals surface area contributed by atoms with Gasteiger partial charge in [0.25, 0.3) is 0 Å². The molecule has 1 aliphatic heterocycles. The van der Waals surface area contributed by atoms with E-state index >= 15 is 0 Å². The number of hydrogen-bond donors (Lipinski definition) is 2. The van der Waals surface area contributed by atoms with Crippen LogP contribution in [0.25, 0.3) is 22.2 Å². The Balaban J connectivity index is 1.33. The van der Waals surface area contributed by atoms with Crippen LogP contribution < -0.4 is 10.1 Å². The topological polar surface area (TPSA) is 92.3 Å². The number of fused-ring (bicyclic) bond motifs is 3. The van der Waals surface area contributed by atoms with Gasteiger partial charge in [-0.2, -0.15) is 13.9 Å². The highest BCUT2D eigenvalue weighted by Gasteiger charge is 2.42. The zero-order valence-electron chi connectivity index (χ0n) is 20.4. The van der Waals surface area contributed by atoms with Crippen molar-refractivity contribution in [3.63, 3.8) is 0 Å². The number of aryl methyl sites for hydroxylation is 2. The highest BCUT2D eigenvalue weighted by atomic mass is 35.5. The molecule has 0 radical (unpaired) electrons. The van der Waals surface area contributed by atoms with Crippen LogP contribution in [0.1, 0.15) is 16.8 Å². The molecular weight excluding hydrogens is 539 g/mol. The lowest BCUT2D eigenvalue weighted by Crippen LogP contribution is -2.49. The fourth-order valence-corrected chi connectivity index (χ4v) is 4.88. The third-order valence-electron chi connectivity index (χ3n) is 6.42. The van der Waals surface area contributed by atoms with Crippen LogP contribution in [0.5, 0.6) is 5.75 Å². The van der Waals surface area contributed by atoms with Crippen LogP contribution in [0.3, 0.4) is 0 Å². The maximum absolute atomic E-state index is 14.3. The van der Waals surface area contributed by atoms with E-state index < -0.39 is 24.5 Å². The van der Waals surface area contributed by atoms with Gasteiger partial charge in [0.15, 0.2) is 0 Å². The Hall–Kier alpha value is -3.63.